The van der Waals surface area contributed by atoms with Gasteiger partial charge < -0.3 is 0 Å². The highest BCUT2D eigenvalue weighted by Crippen LogP contribution is 2.24. The largest absolute Gasteiger partial charge is 0.269 e. The first-order valence-corrected chi connectivity index (χ1v) is 8.13. The van der Waals surface area contributed by atoms with E-state index in [0.29, 0.717) is 0 Å². The van der Waals surface area contributed by atoms with Crippen LogP contribution >= 0.6 is 0 Å². The lowest BCUT2D eigenvalue weighted by atomic mass is 9.97. The molecule has 0 unspecified atom stereocenters. The third-order valence-corrected chi connectivity index (χ3v) is 4.67. The van der Waals surface area contributed by atoms with Crippen molar-refractivity contribution in [1.82, 2.24) is 4.31 Å². The van der Waals surface area contributed by atoms with Crippen LogP contribution in [-0.2, 0) is 10.0 Å². The van der Waals surface area contributed by atoms with Gasteiger partial charge in [0.1, 0.15) is 0 Å². The SMILES string of the molecule is CC(C)(C)CN(CCC#N)S(=O)(=O)c1ccc([N+](=O)[O-])cc1. The zero-order valence-electron chi connectivity index (χ0n) is 12.8. The molecule has 0 radical (unpaired) electrons. The minimum atomic E-state index is -3.79. The molecule has 1 rings (SSSR count). The highest BCUT2D eigenvalue weighted by Gasteiger charge is 2.28. The molecule has 0 aliphatic carbocycles. The van der Waals surface area contributed by atoms with Crippen molar-refractivity contribution in [3.05, 3.63) is 34.4 Å². The standard InChI is InChI=1S/C14H19N3O4S/c1-14(2,3)11-16(10-4-9-15)22(20,21)13-7-5-12(6-8-13)17(18)19/h5-8H,4,10-11H2,1-3H3. The second-order valence-electron chi connectivity index (χ2n) is 6.06. The van der Waals surface area contributed by atoms with E-state index in [0.717, 1.165) is 12.1 Å². The molecular formula is C14H19N3O4S. The maximum Gasteiger partial charge on any atom is 0.269 e. The Morgan fingerprint density at radius 3 is 2.23 bits per heavy atom. The summed E-state index contributed by atoms with van der Waals surface area (Å²) in [5.74, 6) is 0. The van der Waals surface area contributed by atoms with Gasteiger partial charge in [-0.15, -0.1) is 0 Å². The lowest BCUT2D eigenvalue weighted by molar-refractivity contribution is -0.384. The molecule has 1 aromatic rings. The molecule has 0 aliphatic rings. The third kappa shape index (κ3) is 4.79. The van der Waals surface area contributed by atoms with Gasteiger partial charge in [-0.25, -0.2) is 8.42 Å². The first kappa shape index (κ1) is 18.1. The van der Waals surface area contributed by atoms with E-state index in [9.17, 15) is 18.5 Å². The highest BCUT2D eigenvalue weighted by molar-refractivity contribution is 7.89. The quantitative estimate of drug-likeness (QED) is 0.590. The van der Waals surface area contributed by atoms with Crippen LogP contribution in [0.25, 0.3) is 0 Å². The predicted octanol–water partition coefficient (Wildman–Crippen LogP) is 2.55. The molecule has 0 amide bonds. The maximum absolute atomic E-state index is 12.6. The maximum atomic E-state index is 12.6. The second-order valence-corrected chi connectivity index (χ2v) is 8.00. The van der Waals surface area contributed by atoms with Crippen LogP contribution < -0.4 is 0 Å². The number of non-ortho nitro benzene ring substituents is 1. The summed E-state index contributed by atoms with van der Waals surface area (Å²) in [4.78, 5) is 10.0. The summed E-state index contributed by atoms with van der Waals surface area (Å²) < 4.78 is 26.5. The van der Waals surface area contributed by atoms with Gasteiger partial charge in [0, 0.05) is 31.6 Å². The van der Waals surface area contributed by atoms with Crippen LogP contribution in [0.15, 0.2) is 29.2 Å². The lowest BCUT2D eigenvalue weighted by Gasteiger charge is -2.28. The summed E-state index contributed by atoms with van der Waals surface area (Å²) in [6, 6.07) is 6.69. The summed E-state index contributed by atoms with van der Waals surface area (Å²) >= 11 is 0. The summed E-state index contributed by atoms with van der Waals surface area (Å²) in [5, 5.41) is 19.3. The zero-order chi connectivity index (χ0) is 17.0. The Bertz CT molecular complexity index is 670. The number of benzene rings is 1. The fraction of sp³-hybridized carbons (Fsp3) is 0.500. The molecule has 0 atom stereocenters. The molecule has 0 aliphatic heterocycles. The number of rotatable bonds is 6. The molecular weight excluding hydrogens is 306 g/mol. The number of nitrogens with zero attached hydrogens (tertiary/aromatic N) is 3. The van der Waals surface area contributed by atoms with Crippen LogP contribution in [0.2, 0.25) is 0 Å². The number of hydrogen-bond donors (Lipinski definition) is 0. The Hall–Kier alpha value is -1.98. The fourth-order valence-corrected chi connectivity index (χ4v) is 3.54. The van der Waals surface area contributed by atoms with Crippen molar-refractivity contribution >= 4 is 15.7 Å². The number of sulfonamides is 1. The van der Waals surface area contributed by atoms with Gasteiger partial charge in [0.15, 0.2) is 0 Å². The predicted molar refractivity (Wildman–Crippen MR) is 81.5 cm³/mol. The van der Waals surface area contributed by atoms with Crippen LogP contribution in [0.3, 0.4) is 0 Å². The molecule has 0 aromatic heterocycles. The van der Waals surface area contributed by atoms with Crippen LogP contribution in [0, 0.1) is 26.9 Å². The van der Waals surface area contributed by atoms with Crippen molar-refractivity contribution in [2.45, 2.75) is 32.1 Å². The van der Waals surface area contributed by atoms with Crippen molar-refractivity contribution in [1.29, 1.82) is 5.26 Å². The molecule has 0 spiro atoms. The van der Waals surface area contributed by atoms with Crippen molar-refractivity contribution in [2.75, 3.05) is 13.1 Å². The molecule has 8 heteroatoms. The summed E-state index contributed by atoms with van der Waals surface area (Å²) in [6.45, 7) is 6.05. The van der Waals surface area contributed by atoms with Gasteiger partial charge in [-0.3, -0.25) is 10.1 Å². The lowest BCUT2D eigenvalue weighted by Crippen LogP contribution is -2.38. The molecule has 0 fully saturated rings. The van der Waals surface area contributed by atoms with E-state index in [1.54, 1.807) is 0 Å². The van der Waals surface area contributed by atoms with E-state index in [4.69, 9.17) is 5.26 Å². The van der Waals surface area contributed by atoms with E-state index in [1.165, 1.54) is 16.4 Å². The van der Waals surface area contributed by atoms with Crippen molar-refractivity contribution in [3.63, 3.8) is 0 Å². The smallest absolute Gasteiger partial charge is 0.258 e. The van der Waals surface area contributed by atoms with Gasteiger partial charge in [0.05, 0.1) is 15.9 Å². The Balaban J connectivity index is 3.15. The highest BCUT2D eigenvalue weighted by atomic mass is 32.2. The second kappa shape index (κ2) is 6.85. The summed E-state index contributed by atoms with van der Waals surface area (Å²) in [7, 11) is -3.79. The zero-order valence-corrected chi connectivity index (χ0v) is 13.6. The van der Waals surface area contributed by atoms with E-state index in [1.807, 2.05) is 26.8 Å². The van der Waals surface area contributed by atoms with Crippen molar-refractivity contribution in [2.24, 2.45) is 5.41 Å². The monoisotopic (exact) mass is 325 g/mol. The van der Waals surface area contributed by atoms with E-state index in [-0.39, 0.29) is 35.5 Å². The van der Waals surface area contributed by atoms with Crippen molar-refractivity contribution < 1.29 is 13.3 Å². The third-order valence-electron chi connectivity index (χ3n) is 2.81. The average molecular weight is 325 g/mol. The topological polar surface area (TPSA) is 104 Å². The van der Waals surface area contributed by atoms with E-state index in [2.05, 4.69) is 0 Å². The summed E-state index contributed by atoms with van der Waals surface area (Å²) in [5.41, 5.74) is -0.443. The molecule has 7 nitrogen and oxygen atoms in total. The molecule has 0 saturated carbocycles. The van der Waals surface area contributed by atoms with Crippen LogP contribution in [0.1, 0.15) is 27.2 Å². The minimum absolute atomic E-state index is 0.0136. The Kier molecular flexibility index (Phi) is 5.63. The van der Waals surface area contributed by atoms with E-state index < -0.39 is 14.9 Å². The van der Waals surface area contributed by atoms with Gasteiger partial charge in [-0.1, -0.05) is 20.8 Å². The first-order chi connectivity index (χ1) is 10.1. The van der Waals surface area contributed by atoms with Gasteiger partial charge >= 0.3 is 0 Å². The molecule has 0 heterocycles. The van der Waals surface area contributed by atoms with Crippen LogP contribution in [0.4, 0.5) is 5.69 Å². The minimum Gasteiger partial charge on any atom is -0.258 e. The number of hydrogen-bond acceptors (Lipinski definition) is 5. The normalized spacial score (nSPS) is 12.1. The molecule has 0 N–H and O–H groups in total. The van der Waals surface area contributed by atoms with Gasteiger partial charge in [-0.2, -0.15) is 9.57 Å². The number of nitriles is 1. The Morgan fingerprint density at radius 1 is 1.27 bits per heavy atom. The van der Waals surface area contributed by atoms with Crippen LogP contribution in [0.5, 0.6) is 0 Å². The average Bonchev–Trinajstić information content (AvgIpc) is 2.42. The molecule has 1 aromatic carbocycles. The molecule has 22 heavy (non-hydrogen) atoms. The van der Waals surface area contributed by atoms with Gasteiger partial charge in [0.25, 0.3) is 5.69 Å². The summed E-state index contributed by atoms with van der Waals surface area (Å²) in [6.07, 6.45) is 0.0856. The Labute approximate surface area is 130 Å². The van der Waals surface area contributed by atoms with Crippen molar-refractivity contribution in [3.8, 4) is 6.07 Å². The number of nitro benzene ring substituents is 1. The molecule has 0 saturated heterocycles. The fourth-order valence-electron chi connectivity index (χ4n) is 1.88. The molecule has 0 bridgehead atoms. The molecule has 120 valence electrons. The van der Waals surface area contributed by atoms with E-state index >= 15 is 0 Å². The number of nitro groups is 1. The van der Waals surface area contributed by atoms with Gasteiger partial charge in [-0.05, 0) is 17.5 Å². The first-order valence-electron chi connectivity index (χ1n) is 6.69. The van der Waals surface area contributed by atoms with Gasteiger partial charge in [0.2, 0.25) is 10.0 Å². The Morgan fingerprint density at radius 2 is 1.82 bits per heavy atom. The van der Waals surface area contributed by atoms with Crippen LogP contribution in [-0.4, -0.2) is 30.7 Å².